The highest BCUT2D eigenvalue weighted by Crippen LogP contribution is 2.25. The van der Waals surface area contributed by atoms with Gasteiger partial charge in [0, 0.05) is 12.1 Å². The first-order chi connectivity index (χ1) is 11.9. The number of nitrogens with zero attached hydrogens (tertiary/aromatic N) is 1. The molecule has 9 nitrogen and oxygen atoms in total. The van der Waals surface area contributed by atoms with E-state index in [2.05, 4.69) is 10.6 Å². The Morgan fingerprint density at radius 3 is 2.42 bits per heavy atom. The Morgan fingerprint density at radius 2 is 1.92 bits per heavy atom. The molecule has 0 saturated carbocycles. The van der Waals surface area contributed by atoms with Gasteiger partial charge in [-0.05, 0) is 39.2 Å². The summed E-state index contributed by atoms with van der Waals surface area (Å²) in [6.45, 7) is 8.95. The third kappa shape index (κ3) is 6.96. The summed E-state index contributed by atoms with van der Waals surface area (Å²) in [7, 11) is 0. The maximum atomic E-state index is 12.6. The standard InChI is InChI=1S/C17H26N4O5/c1-10(2)8-14(20-16(23)26-17(3,4)5)15(22)19-13-9-11(21(24)25)6-7-12(13)18/h6-7,9-10,14H,8,18H2,1-5H3,(H,19,22)(H,20,23)/t14-/m0/s1. The Hall–Kier alpha value is -2.84. The van der Waals surface area contributed by atoms with Crippen LogP contribution in [-0.2, 0) is 9.53 Å². The smallest absolute Gasteiger partial charge is 0.408 e. The number of nitrogens with one attached hydrogen (secondary N) is 2. The summed E-state index contributed by atoms with van der Waals surface area (Å²) in [5.41, 5.74) is 5.17. The van der Waals surface area contributed by atoms with Crippen molar-refractivity contribution in [3.8, 4) is 0 Å². The van der Waals surface area contributed by atoms with Crippen molar-refractivity contribution in [3.05, 3.63) is 28.3 Å². The fraction of sp³-hybridized carbons (Fsp3) is 0.529. The number of nitro benzene ring substituents is 1. The molecule has 1 atom stereocenters. The Labute approximate surface area is 152 Å². The summed E-state index contributed by atoms with van der Waals surface area (Å²) < 4.78 is 5.18. The van der Waals surface area contributed by atoms with Crippen molar-refractivity contribution in [1.29, 1.82) is 0 Å². The normalized spacial score (nSPS) is 12.4. The van der Waals surface area contributed by atoms with Crippen LogP contribution < -0.4 is 16.4 Å². The average molecular weight is 366 g/mol. The maximum Gasteiger partial charge on any atom is 0.408 e. The molecular weight excluding hydrogens is 340 g/mol. The zero-order valence-corrected chi connectivity index (χ0v) is 15.7. The van der Waals surface area contributed by atoms with E-state index in [4.69, 9.17) is 10.5 Å². The van der Waals surface area contributed by atoms with E-state index >= 15 is 0 Å². The molecule has 0 aliphatic heterocycles. The lowest BCUT2D eigenvalue weighted by Gasteiger charge is -2.24. The van der Waals surface area contributed by atoms with Gasteiger partial charge in [-0.1, -0.05) is 13.8 Å². The predicted molar refractivity (Wildman–Crippen MR) is 98.8 cm³/mol. The van der Waals surface area contributed by atoms with Crippen LogP contribution in [0.1, 0.15) is 41.0 Å². The molecule has 0 aromatic heterocycles. The zero-order chi connectivity index (χ0) is 20.1. The molecule has 4 N–H and O–H groups in total. The second kappa shape index (κ2) is 8.50. The number of hydrogen-bond acceptors (Lipinski definition) is 6. The van der Waals surface area contributed by atoms with E-state index < -0.39 is 28.6 Å². The van der Waals surface area contributed by atoms with Crippen molar-refractivity contribution >= 4 is 29.1 Å². The fourth-order valence-electron chi connectivity index (χ4n) is 2.14. The molecule has 0 fully saturated rings. The van der Waals surface area contributed by atoms with Crippen LogP contribution in [0, 0.1) is 16.0 Å². The van der Waals surface area contributed by atoms with E-state index in [1.54, 1.807) is 20.8 Å². The molecule has 0 spiro atoms. The van der Waals surface area contributed by atoms with Gasteiger partial charge in [0.1, 0.15) is 11.6 Å². The molecule has 2 amide bonds. The Balaban J connectivity index is 2.94. The third-order valence-corrected chi connectivity index (χ3v) is 3.22. The number of anilines is 2. The van der Waals surface area contributed by atoms with E-state index in [0.717, 1.165) is 0 Å². The van der Waals surface area contributed by atoms with E-state index in [0.29, 0.717) is 6.42 Å². The molecule has 9 heteroatoms. The molecular formula is C17H26N4O5. The number of carbonyl (C=O) groups excluding carboxylic acids is 2. The first-order valence-electron chi connectivity index (χ1n) is 8.23. The number of alkyl carbamates (subject to hydrolysis) is 1. The van der Waals surface area contributed by atoms with Crippen LogP contribution in [0.2, 0.25) is 0 Å². The van der Waals surface area contributed by atoms with Gasteiger partial charge in [-0.3, -0.25) is 14.9 Å². The van der Waals surface area contributed by atoms with Crippen LogP contribution in [0.5, 0.6) is 0 Å². The van der Waals surface area contributed by atoms with Crippen molar-refractivity contribution in [1.82, 2.24) is 5.32 Å². The van der Waals surface area contributed by atoms with Gasteiger partial charge in [-0.15, -0.1) is 0 Å². The van der Waals surface area contributed by atoms with E-state index in [-0.39, 0.29) is 23.0 Å². The quantitative estimate of drug-likeness (QED) is 0.402. The zero-order valence-electron chi connectivity index (χ0n) is 15.7. The van der Waals surface area contributed by atoms with Crippen LogP contribution >= 0.6 is 0 Å². The van der Waals surface area contributed by atoms with Crippen molar-refractivity contribution in [2.75, 3.05) is 11.1 Å². The molecule has 1 aromatic carbocycles. The summed E-state index contributed by atoms with van der Waals surface area (Å²) in [5, 5.41) is 16.0. The molecule has 0 saturated heterocycles. The van der Waals surface area contributed by atoms with Crippen molar-refractivity contribution in [2.24, 2.45) is 5.92 Å². The number of amides is 2. The topological polar surface area (TPSA) is 137 Å². The number of hydrogen-bond donors (Lipinski definition) is 3. The van der Waals surface area contributed by atoms with Crippen LogP contribution in [0.15, 0.2) is 18.2 Å². The largest absolute Gasteiger partial charge is 0.444 e. The number of non-ortho nitro benzene ring substituents is 1. The average Bonchev–Trinajstić information content (AvgIpc) is 2.46. The molecule has 0 heterocycles. The molecule has 0 bridgehead atoms. The summed E-state index contributed by atoms with van der Waals surface area (Å²) >= 11 is 0. The predicted octanol–water partition coefficient (Wildman–Crippen LogP) is 3.05. The van der Waals surface area contributed by atoms with Crippen molar-refractivity contribution in [2.45, 2.75) is 52.7 Å². The highest BCUT2D eigenvalue weighted by molar-refractivity contribution is 5.99. The minimum absolute atomic E-state index is 0.114. The fourth-order valence-corrected chi connectivity index (χ4v) is 2.14. The van der Waals surface area contributed by atoms with Crippen molar-refractivity contribution in [3.63, 3.8) is 0 Å². The number of nitro groups is 1. The molecule has 0 aliphatic rings. The number of ether oxygens (including phenoxy) is 1. The lowest BCUT2D eigenvalue weighted by molar-refractivity contribution is -0.384. The molecule has 0 aliphatic carbocycles. The van der Waals surface area contributed by atoms with Crippen LogP contribution in [0.3, 0.4) is 0 Å². The number of rotatable bonds is 6. The highest BCUT2D eigenvalue weighted by Gasteiger charge is 2.26. The van der Waals surface area contributed by atoms with Gasteiger partial charge in [0.2, 0.25) is 5.91 Å². The summed E-state index contributed by atoms with van der Waals surface area (Å²) in [6, 6.07) is 2.89. The first-order valence-corrected chi connectivity index (χ1v) is 8.23. The molecule has 0 radical (unpaired) electrons. The van der Waals surface area contributed by atoms with Crippen LogP contribution in [0.4, 0.5) is 21.9 Å². The Bertz CT molecular complexity index is 682. The van der Waals surface area contributed by atoms with Gasteiger partial charge in [0.15, 0.2) is 0 Å². The van der Waals surface area contributed by atoms with Crippen LogP contribution in [0.25, 0.3) is 0 Å². The molecule has 0 unspecified atom stereocenters. The molecule has 144 valence electrons. The first kappa shape index (κ1) is 21.2. The van der Waals surface area contributed by atoms with Gasteiger partial charge >= 0.3 is 6.09 Å². The second-order valence-corrected chi connectivity index (χ2v) is 7.35. The van der Waals surface area contributed by atoms with Gasteiger partial charge in [0.05, 0.1) is 16.3 Å². The minimum atomic E-state index is -0.872. The second-order valence-electron chi connectivity index (χ2n) is 7.35. The Kier molecular flexibility index (Phi) is 6.93. The van der Waals surface area contributed by atoms with Crippen LogP contribution in [-0.4, -0.2) is 28.6 Å². The van der Waals surface area contributed by atoms with Crippen molar-refractivity contribution < 1.29 is 19.2 Å². The van der Waals surface area contributed by atoms with E-state index in [9.17, 15) is 19.7 Å². The number of nitrogens with two attached hydrogens (primary N) is 1. The Morgan fingerprint density at radius 1 is 1.31 bits per heavy atom. The number of nitrogen functional groups attached to an aromatic ring is 1. The lowest BCUT2D eigenvalue weighted by atomic mass is 10.0. The molecule has 26 heavy (non-hydrogen) atoms. The monoisotopic (exact) mass is 366 g/mol. The van der Waals surface area contributed by atoms with Gasteiger partial charge in [-0.2, -0.15) is 0 Å². The van der Waals surface area contributed by atoms with Gasteiger partial charge in [-0.25, -0.2) is 4.79 Å². The minimum Gasteiger partial charge on any atom is -0.444 e. The lowest BCUT2D eigenvalue weighted by Crippen LogP contribution is -2.46. The van der Waals surface area contributed by atoms with E-state index in [1.807, 2.05) is 13.8 Å². The number of carbonyl (C=O) groups is 2. The molecule has 1 rings (SSSR count). The van der Waals surface area contributed by atoms with Gasteiger partial charge in [0.25, 0.3) is 5.69 Å². The van der Waals surface area contributed by atoms with Gasteiger partial charge < -0.3 is 21.1 Å². The maximum absolute atomic E-state index is 12.6. The highest BCUT2D eigenvalue weighted by atomic mass is 16.6. The summed E-state index contributed by atoms with van der Waals surface area (Å²) in [6.07, 6.45) is -0.356. The summed E-state index contributed by atoms with van der Waals surface area (Å²) in [5.74, 6) is -0.417. The SMILES string of the molecule is CC(C)C[C@H](NC(=O)OC(C)(C)C)C(=O)Nc1cc([N+](=O)[O-])ccc1N. The van der Waals surface area contributed by atoms with E-state index in [1.165, 1.54) is 18.2 Å². The number of benzene rings is 1. The molecule has 1 aromatic rings. The summed E-state index contributed by atoms with van der Waals surface area (Å²) in [4.78, 5) is 34.9. The third-order valence-electron chi connectivity index (χ3n) is 3.22.